The minimum Gasteiger partial charge on any atom is -0.503 e. The lowest BCUT2D eigenvalue weighted by molar-refractivity contribution is -0.130. The third kappa shape index (κ3) is 3.69. The molecule has 1 heterocycles. The summed E-state index contributed by atoms with van der Waals surface area (Å²) < 4.78 is 5.23. The van der Waals surface area contributed by atoms with Crippen LogP contribution in [-0.4, -0.2) is 23.0 Å². The SMILES string of the molecule is COc1ccc(CN2C(=O)C(O)=C(c3ccc(C)cc3)[C@@H]2c2ccc(C)cc2)cc1. The quantitative estimate of drug-likeness (QED) is 0.628. The summed E-state index contributed by atoms with van der Waals surface area (Å²) in [7, 11) is 1.63. The number of carbonyl (C=O) groups is 1. The molecule has 1 atom stereocenters. The van der Waals surface area contributed by atoms with E-state index < -0.39 is 0 Å². The number of benzene rings is 3. The Labute approximate surface area is 177 Å². The minimum absolute atomic E-state index is 0.182. The predicted molar refractivity (Wildman–Crippen MR) is 118 cm³/mol. The monoisotopic (exact) mass is 399 g/mol. The third-order valence-corrected chi connectivity index (χ3v) is 5.57. The Kier molecular flexibility index (Phi) is 5.32. The Hall–Kier alpha value is -3.53. The Balaban J connectivity index is 1.77. The second-order valence-electron chi connectivity index (χ2n) is 7.72. The van der Waals surface area contributed by atoms with Crippen LogP contribution in [0.25, 0.3) is 5.57 Å². The van der Waals surface area contributed by atoms with E-state index in [1.165, 1.54) is 0 Å². The predicted octanol–water partition coefficient (Wildman–Crippen LogP) is 5.36. The Morgan fingerprint density at radius 1 is 0.867 bits per heavy atom. The van der Waals surface area contributed by atoms with Crippen molar-refractivity contribution in [1.82, 2.24) is 4.90 Å². The third-order valence-electron chi connectivity index (χ3n) is 5.57. The van der Waals surface area contributed by atoms with E-state index in [-0.39, 0.29) is 17.7 Å². The lowest BCUT2D eigenvalue weighted by Gasteiger charge is -2.27. The topological polar surface area (TPSA) is 49.8 Å². The zero-order valence-electron chi connectivity index (χ0n) is 17.4. The van der Waals surface area contributed by atoms with Gasteiger partial charge in [0, 0.05) is 12.1 Å². The largest absolute Gasteiger partial charge is 0.503 e. The Morgan fingerprint density at radius 3 is 2.00 bits per heavy atom. The highest BCUT2D eigenvalue weighted by molar-refractivity contribution is 6.05. The van der Waals surface area contributed by atoms with Crippen molar-refractivity contribution in [3.8, 4) is 5.75 Å². The molecule has 0 aromatic heterocycles. The normalized spacial score (nSPS) is 16.3. The molecule has 1 N–H and O–H groups in total. The summed E-state index contributed by atoms with van der Waals surface area (Å²) in [5.74, 6) is 0.229. The van der Waals surface area contributed by atoms with Gasteiger partial charge in [-0.3, -0.25) is 4.79 Å². The molecule has 1 amide bonds. The van der Waals surface area contributed by atoms with Crippen LogP contribution in [0.3, 0.4) is 0 Å². The van der Waals surface area contributed by atoms with Crippen molar-refractivity contribution in [2.75, 3.05) is 7.11 Å². The summed E-state index contributed by atoms with van der Waals surface area (Å²) in [6, 6.07) is 23.3. The Bertz CT molecular complexity index is 1080. The van der Waals surface area contributed by atoms with Crippen LogP contribution in [0.4, 0.5) is 0 Å². The highest BCUT2D eigenvalue weighted by Crippen LogP contribution is 2.43. The molecule has 0 fully saturated rings. The number of aliphatic hydroxyl groups is 1. The number of carbonyl (C=O) groups excluding carboxylic acids is 1. The molecule has 1 aliphatic rings. The first kappa shape index (κ1) is 19.8. The molecule has 0 unspecified atom stereocenters. The standard InChI is InChI=1S/C26H25NO3/c1-17-4-10-20(11-5-17)23-24(21-12-6-18(2)7-13-21)27(26(29)25(23)28)16-19-8-14-22(30-3)15-9-19/h4-15,24,28H,16H2,1-3H3/t24-/m0/s1. The highest BCUT2D eigenvalue weighted by Gasteiger charge is 2.40. The number of amides is 1. The van der Waals surface area contributed by atoms with Crippen molar-refractivity contribution in [3.05, 3.63) is 106 Å². The van der Waals surface area contributed by atoms with Crippen LogP contribution in [0.2, 0.25) is 0 Å². The second-order valence-corrected chi connectivity index (χ2v) is 7.72. The van der Waals surface area contributed by atoms with Crippen molar-refractivity contribution in [3.63, 3.8) is 0 Å². The number of nitrogens with zero attached hydrogens (tertiary/aromatic N) is 1. The highest BCUT2D eigenvalue weighted by atomic mass is 16.5. The molecular formula is C26H25NO3. The van der Waals surface area contributed by atoms with Gasteiger partial charge in [0.1, 0.15) is 5.75 Å². The molecule has 4 rings (SSSR count). The average molecular weight is 399 g/mol. The smallest absolute Gasteiger partial charge is 0.290 e. The molecule has 0 saturated heterocycles. The van der Waals surface area contributed by atoms with Gasteiger partial charge in [-0.2, -0.15) is 0 Å². The zero-order chi connectivity index (χ0) is 21.3. The van der Waals surface area contributed by atoms with E-state index in [0.29, 0.717) is 12.1 Å². The maximum atomic E-state index is 13.1. The summed E-state index contributed by atoms with van der Waals surface area (Å²) in [6.45, 7) is 4.44. The number of methoxy groups -OCH3 is 1. The molecule has 4 heteroatoms. The molecule has 3 aromatic rings. The average Bonchev–Trinajstić information content (AvgIpc) is 3.00. The van der Waals surface area contributed by atoms with Gasteiger partial charge in [0.2, 0.25) is 0 Å². The molecule has 152 valence electrons. The minimum atomic E-state index is -0.358. The molecule has 0 radical (unpaired) electrons. The lowest BCUT2D eigenvalue weighted by atomic mass is 9.92. The fraction of sp³-hybridized carbons (Fsp3) is 0.192. The molecule has 0 bridgehead atoms. The van der Waals surface area contributed by atoms with Crippen molar-refractivity contribution in [1.29, 1.82) is 0 Å². The van der Waals surface area contributed by atoms with Gasteiger partial charge in [-0.15, -0.1) is 0 Å². The molecular weight excluding hydrogens is 374 g/mol. The van der Waals surface area contributed by atoms with E-state index in [1.54, 1.807) is 12.0 Å². The van der Waals surface area contributed by atoms with E-state index in [1.807, 2.05) is 86.6 Å². The lowest BCUT2D eigenvalue weighted by Crippen LogP contribution is -2.29. The van der Waals surface area contributed by atoms with Crippen LogP contribution in [0.5, 0.6) is 5.75 Å². The van der Waals surface area contributed by atoms with Gasteiger partial charge in [0.05, 0.1) is 13.2 Å². The van der Waals surface area contributed by atoms with Gasteiger partial charge in [0.25, 0.3) is 5.91 Å². The van der Waals surface area contributed by atoms with Crippen LogP contribution in [-0.2, 0) is 11.3 Å². The summed E-state index contributed by atoms with van der Waals surface area (Å²) in [4.78, 5) is 14.9. The first-order chi connectivity index (χ1) is 14.5. The second kappa shape index (κ2) is 8.07. The fourth-order valence-electron chi connectivity index (χ4n) is 3.87. The number of aryl methyl sites for hydroxylation is 2. The molecule has 3 aromatic carbocycles. The zero-order valence-corrected chi connectivity index (χ0v) is 17.4. The van der Waals surface area contributed by atoms with E-state index in [2.05, 4.69) is 0 Å². The van der Waals surface area contributed by atoms with E-state index >= 15 is 0 Å². The van der Waals surface area contributed by atoms with Crippen molar-refractivity contribution >= 4 is 11.5 Å². The molecule has 4 nitrogen and oxygen atoms in total. The number of hydrogen-bond donors (Lipinski definition) is 1. The first-order valence-electron chi connectivity index (χ1n) is 9.98. The number of rotatable bonds is 5. The van der Waals surface area contributed by atoms with E-state index in [0.717, 1.165) is 33.6 Å². The summed E-state index contributed by atoms with van der Waals surface area (Å²) in [6.07, 6.45) is 0. The molecule has 1 aliphatic heterocycles. The summed E-state index contributed by atoms with van der Waals surface area (Å²) in [5.41, 5.74) is 5.73. The Morgan fingerprint density at radius 2 is 1.43 bits per heavy atom. The van der Waals surface area contributed by atoms with Gasteiger partial charge in [-0.25, -0.2) is 0 Å². The van der Waals surface area contributed by atoms with Crippen LogP contribution in [0.15, 0.2) is 78.6 Å². The van der Waals surface area contributed by atoms with Gasteiger partial charge in [-0.1, -0.05) is 71.8 Å². The number of hydrogen-bond acceptors (Lipinski definition) is 3. The van der Waals surface area contributed by atoms with Crippen LogP contribution in [0.1, 0.15) is 33.9 Å². The van der Waals surface area contributed by atoms with Gasteiger partial charge >= 0.3 is 0 Å². The number of ether oxygens (including phenoxy) is 1. The van der Waals surface area contributed by atoms with Gasteiger partial charge in [-0.05, 0) is 42.7 Å². The van der Waals surface area contributed by atoms with Crippen molar-refractivity contribution in [2.45, 2.75) is 26.4 Å². The van der Waals surface area contributed by atoms with Gasteiger partial charge < -0.3 is 14.7 Å². The molecule has 0 spiro atoms. The van der Waals surface area contributed by atoms with Crippen molar-refractivity contribution < 1.29 is 14.6 Å². The first-order valence-corrected chi connectivity index (χ1v) is 9.98. The molecule has 0 saturated carbocycles. The maximum Gasteiger partial charge on any atom is 0.290 e. The summed E-state index contributed by atoms with van der Waals surface area (Å²) >= 11 is 0. The fourth-order valence-corrected chi connectivity index (χ4v) is 3.87. The van der Waals surface area contributed by atoms with Crippen LogP contribution in [0, 0.1) is 13.8 Å². The van der Waals surface area contributed by atoms with Crippen LogP contribution < -0.4 is 4.74 Å². The van der Waals surface area contributed by atoms with E-state index in [4.69, 9.17) is 4.74 Å². The van der Waals surface area contributed by atoms with Gasteiger partial charge in [0.15, 0.2) is 5.76 Å². The number of aliphatic hydroxyl groups excluding tert-OH is 1. The van der Waals surface area contributed by atoms with Crippen molar-refractivity contribution in [2.24, 2.45) is 0 Å². The maximum absolute atomic E-state index is 13.1. The summed E-state index contributed by atoms with van der Waals surface area (Å²) in [5, 5.41) is 10.9. The van der Waals surface area contributed by atoms with E-state index in [9.17, 15) is 9.90 Å². The molecule has 30 heavy (non-hydrogen) atoms. The molecule has 0 aliphatic carbocycles. The van der Waals surface area contributed by atoms with Crippen LogP contribution >= 0.6 is 0 Å².